The molecule has 0 aromatic heterocycles. The molecule has 2 aliphatic rings. The number of rotatable bonds is 0. The molecule has 2 nitrogen and oxygen atoms in total. The summed E-state index contributed by atoms with van der Waals surface area (Å²) in [6.07, 6.45) is 5.22. The molecule has 25 heavy (non-hydrogen) atoms. The maximum absolute atomic E-state index is 3.22. The van der Waals surface area contributed by atoms with Gasteiger partial charge in [-0.1, -0.05) is 48.5 Å². The van der Waals surface area contributed by atoms with E-state index in [4.69, 9.17) is 0 Å². The molecule has 3 heteroatoms. The lowest BCUT2D eigenvalue weighted by molar-refractivity contribution is 0.534. The van der Waals surface area contributed by atoms with Crippen molar-refractivity contribution in [2.75, 3.05) is 26.2 Å². The second-order valence-corrected chi connectivity index (χ2v) is 6.79. The topological polar surface area (TPSA) is 24.1 Å². The molecule has 0 spiro atoms. The van der Waals surface area contributed by atoms with Gasteiger partial charge in [0, 0.05) is 26.2 Å². The van der Waals surface area contributed by atoms with E-state index in [1.165, 1.54) is 47.2 Å². The zero-order chi connectivity index (χ0) is 16.2. The molecular weight excluding hydrogens is 324 g/mol. The van der Waals surface area contributed by atoms with Gasteiger partial charge in [-0.15, -0.1) is 0 Å². The summed E-state index contributed by atoms with van der Waals surface area (Å²) < 4.78 is 0. The van der Waals surface area contributed by atoms with E-state index < -0.39 is 0 Å². The van der Waals surface area contributed by atoms with E-state index in [0.717, 1.165) is 26.2 Å². The lowest BCUT2D eigenvalue weighted by Crippen LogP contribution is -2.39. The highest BCUT2D eigenvalue weighted by atomic mass is 32.1. The minimum Gasteiger partial charge on any atom is -0.314 e. The number of hydrogen-bond acceptors (Lipinski definition) is 2. The van der Waals surface area contributed by atoms with Gasteiger partial charge in [0.15, 0.2) is 0 Å². The molecule has 3 aromatic rings. The van der Waals surface area contributed by atoms with Crippen molar-refractivity contribution in [2.45, 2.75) is 25.7 Å². The number of nitrogens with one attached hydrogen (secondary N) is 2. The first-order valence-electron chi connectivity index (χ1n) is 9.27. The van der Waals surface area contributed by atoms with Gasteiger partial charge >= 0.3 is 0 Å². The van der Waals surface area contributed by atoms with E-state index in [2.05, 4.69) is 59.2 Å². The molecule has 1 saturated heterocycles. The number of hydrogen-bond donors (Lipinski definition) is 2. The zero-order valence-electron chi connectivity index (χ0n) is 14.8. The molecule has 2 N–H and O–H groups in total. The van der Waals surface area contributed by atoms with Crippen molar-refractivity contribution in [1.82, 2.24) is 10.6 Å². The number of fused-ring (bicyclic) bond motifs is 5. The second-order valence-electron chi connectivity index (χ2n) is 6.79. The number of piperazine rings is 1. The lowest BCUT2D eigenvalue weighted by atomic mass is 9.86. The fourth-order valence-corrected chi connectivity index (χ4v) is 3.95. The van der Waals surface area contributed by atoms with E-state index in [-0.39, 0.29) is 13.5 Å². The summed E-state index contributed by atoms with van der Waals surface area (Å²) in [7, 11) is 0. The average molecular weight is 353 g/mol. The zero-order valence-corrected chi connectivity index (χ0v) is 15.8. The molecule has 0 amide bonds. The Labute approximate surface area is 157 Å². The number of benzene rings is 3. The minimum absolute atomic E-state index is 0. The normalized spacial score (nSPS) is 16.5. The average Bonchev–Trinajstić information content (AvgIpc) is 2.69. The molecule has 0 atom stereocenters. The third kappa shape index (κ3) is 4.00. The Bertz CT molecular complexity index is 828. The monoisotopic (exact) mass is 352 g/mol. The van der Waals surface area contributed by atoms with Crippen LogP contribution in [0.4, 0.5) is 0 Å². The maximum Gasteiger partial charge on any atom is 0.00772 e. The maximum atomic E-state index is 3.22. The Morgan fingerprint density at radius 3 is 2.04 bits per heavy atom. The van der Waals surface area contributed by atoms with Crippen LogP contribution < -0.4 is 10.6 Å². The van der Waals surface area contributed by atoms with Crippen LogP contribution in [0.5, 0.6) is 0 Å². The minimum atomic E-state index is 0. The van der Waals surface area contributed by atoms with Gasteiger partial charge in [-0.2, -0.15) is 13.5 Å². The van der Waals surface area contributed by atoms with Crippen molar-refractivity contribution in [3.05, 3.63) is 59.7 Å². The predicted molar refractivity (Wildman–Crippen MR) is 114 cm³/mol. The van der Waals surface area contributed by atoms with Gasteiger partial charge in [0.05, 0.1) is 0 Å². The Morgan fingerprint density at radius 2 is 1.28 bits per heavy atom. The molecule has 5 rings (SSSR count). The van der Waals surface area contributed by atoms with Gasteiger partial charge in [-0.25, -0.2) is 0 Å². The fourth-order valence-electron chi connectivity index (χ4n) is 3.95. The summed E-state index contributed by atoms with van der Waals surface area (Å²) in [4.78, 5) is 0. The first kappa shape index (κ1) is 18.2. The van der Waals surface area contributed by atoms with Crippen LogP contribution in [0.1, 0.15) is 24.0 Å². The third-order valence-electron chi connectivity index (χ3n) is 5.21. The highest BCUT2D eigenvalue weighted by Crippen LogP contribution is 2.33. The summed E-state index contributed by atoms with van der Waals surface area (Å²) in [5.74, 6) is 0. The van der Waals surface area contributed by atoms with E-state index in [1.807, 2.05) is 0 Å². The lowest BCUT2D eigenvalue weighted by Gasteiger charge is -2.18. The smallest absolute Gasteiger partial charge is 0.00772 e. The van der Waals surface area contributed by atoms with Crippen molar-refractivity contribution in [3.63, 3.8) is 0 Å². The van der Waals surface area contributed by atoms with Crippen LogP contribution in [0.15, 0.2) is 48.5 Å². The summed E-state index contributed by atoms with van der Waals surface area (Å²) >= 11 is 0. The van der Waals surface area contributed by atoms with Crippen LogP contribution in [-0.2, 0) is 12.8 Å². The van der Waals surface area contributed by atoms with Crippen molar-refractivity contribution >= 4 is 35.0 Å². The van der Waals surface area contributed by atoms with E-state index in [1.54, 1.807) is 11.1 Å². The summed E-state index contributed by atoms with van der Waals surface area (Å²) in [6.45, 7) is 4.56. The van der Waals surface area contributed by atoms with Gasteiger partial charge in [-0.05, 0) is 58.4 Å². The molecule has 1 aliphatic heterocycles. The molecule has 1 fully saturated rings. The van der Waals surface area contributed by atoms with Gasteiger partial charge in [0.25, 0.3) is 0 Å². The van der Waals surface area contributed by atoms with Crippen molar-refractivity contribution in [2.24, 2.45) is 0 Å². The molecule has 0 radical (unpaired) electrons. The Kier molecular flexibility index (Phi) is 6.35. The SMILES string of the molecule is C1CNCCN1.S.c1ccc2c(c1)ccc1c3c(ccc12)CCCC3. The molecular formula is C22H28N2S. The largest absolute Gasteiger partial charge is 0.314 e. The van der Waals surface area contributed by atoms with Crippen LogP contribution in [0.3, 0.4) is 0 Å². The summed E-state index contributed by atoms with van der Waals surface area (Å²) in [5.41, 5.74) is 3.17. The summed E-state index contributed by atoms with van der Waals surface area (Å²) in [6, 6.07) is 18.0. The molecule has 0 saturated carbocycles. The molecule has 1 aliphatic carbocycles. The molecule has 132 valence electrons. The van der Waals surface area contributed by atoms with Gasteiger partial charge < -0.3 is 10.6 Å². The number of aryl methyl sites for hydroxylation is 2. The van der Waals surface area contributed by atoms with Gasteiger partial charge in [-0.3, -0.25) is 0 Å². The highest BCUT2D eigenvalue weighted by molar-refractivity contribution is 7.59. The van der Waals surface area contributed by atoms with Crippen LogP contribution in [0, 0.1) is 0 Å². The van der Waals surface area contributed by atoms with E-state index in [0.29, 0.717) is 0 Å². The molecule has 0 bridgehead atoms. The quantitative estimate of drug-likeness (QED) is 0.594. The van der Waals surface area contributed by atoms with E-state index in [9.17, 15) is 0 Å². The van der Waals surface area contributed by atoms with Crippen molar-refractivity contribution < 1.29 is 0 Å². The van der Waals surface area contributed by atoms with Gasteiger partial charge in [0.1, 0.15) is 0 Å². The van der Waals surface area contributed by atoms with E-state index >= 15 is 0 Å². The fraction of sp³-hybridized carbons (Fsp3) is 0.364. The summed E-state index contributed by atoms with van der Waals surface area (Å²) in [5, 5.41) is 12.1. The Balaban J connectivity index is 0.000000224. The van der Waals surface area contributed by atoms with Crippen molar-refractivity contribution in [1.29, 1.82) is 0 Å². The highest BCUT2D eigenvalue weighted by Gasteiger charge is 2.13. The van der Waals surface area contributed by atoms with Crippen molar-refractivity contribution in [3.8, 4) is 0 Å². The molecule has 0 unspecified atom stereocenters. The second kappa shape index (κ2) is 8.70. The molecule has 1 heterocycles. The van der Waals surface area contributed by atoms with Crippen LogP contribution in [0.2, 0.25) is 0 Å². The Morgan fingerprint density at radius 1 is 0.600 bits per heavy atom. The van der Waals surface area contributed by atoms with Crippen LogP contribution in [-0.4, -0.2) is 26.2 Å². The van der Waals surface area contributed by atoms with Gasteiger partial charge in [0.2, 0.25) is 0 Å². The predicted octanol–water partition coefficient (Wildman–Crippen LogP) is 4.16. The first-order valence-corrected chi connectivity index (χ1v) is 9.27. The third-order valence-corrected chi connectivity index (χ3v) is 5.21. The van der Waals surface area contributed by atoms with Crippen LogP contribution in [0.25, 0.3) is 21.5 Å². The standard InChI is InChI=1S/C18H16.C4H10N2.H2S/c1-3-7-15-13(5-1)9-11-18-16-8-4-2-6-14(16)10-12-17(15)18;1-2-6-4-3-5-1;/h1,3,5,7,9-12H,2,4,6,8H2;5-6H,1-4H2;1H2. The van der Waals surface area contributed by atoms with Crippen LogP contribution >= 0.6 is 13.5 Å². The Hall–Kier alpha value is -1.55. The first-order chi connectivity index (χ1) is 11.9. The molecule has 3 aromatic carbocycles.